The smallest absolute Gasteiger partial charge is 0.329 e. The van der Waals surface area contributed by atoms with E-state index in [4.69, 9.17) is 10.2 Å². The average Bonchev–Trinajstić information content (AvgIpc) is 2.10. The van der Waals surface area contributed by atoms with Crippen molar-refractivity contribution in [3.05, 3.63) is 0 Å². The van der Waals surface area contributed by atoms with E-state index in [1.165, 1.54) is 11.9 Å². The predicted octanol–water partition coefficient (Wildman–Crippen LogP) is 0.945. The number of hydrogen-bond acceptors (Lipinski definition) is 5. The Morgan fingerprint density at radius 2 is 2.31 bits per heavy atom. The van der Waals surface area contributed by atoms with Crippen LogP contribution >= 0.6 is 11.9 Å². The van der Waals surface area contributed by atoms with Crippen LogP contribution in [0.1, 0.15) is 19.3 Å². The van der Waals surface area contributed by atoms with Gasteiger partial charge in [-0.15, -0.1) is 0 Å². The van der Waals surface area contributed by atoms with Crippen molar-refractivity contribution in [3.63, 3.8) is 0 Å². The van der Waals surface area contributed by atoms with Crippen molar-refractivity contribution in [2.24, 2.45) is 9.50 Å². The summed E-state index contributed by atoms with van der Waals surface area (Å²) in [6, 6.07) is -0.662. The van der Waals surface area contributed by atoms with E-state index in [0.717, 1.165) is 28.7 Å². The molecular formula is C6H12N2O2S3. The molecule has 0 fully saturated rings. The van der Waals surface area contributed by atoms with Crippen LogP contribution in [0.2, 0.25) is 0 Å². The molecule has 0 bridgehead atoms. The maximum atomic E-state index is 10.6. The van der Waals surface area contributed by atoms with Crippen molar-refractivity contribution >= 4 is 39.2 Å². The lowest BCUT2D eigenvalue weighted by atomic mass is 10.1. The Morgan fingerprint density at radius 1 is 1.62 bits per heavy atom. The van der Waals surface area contributed by atoms with Gasteiger partial charge in [0.15, 0.2) is 6.04 Å². The molecule has 1 unspecified atom stereocenters. The van der Waals surface area contributed by atoms with Crippen LogP contribution in [0.25, 0.3) is 0 Å². The van der Waals surface area contributed by atoms with Gasteiger partial charge in [-0.3, -0.25) is 5.14 Å². The first-order chi connectivity index (χ1) is 6.22. The number of rotatable bonds is 7. The molecule has 13 heavy (non-hydrogen) atoms. The van der Waals surface area contributed by atoms with Gasteiger partial charge in [0.25, 0.3) is 0 Å². The zero-order chi connectivity index (χ0) is 10.1. The summed E-state index contributed by atoms with van der Waals surface area (Å²) < 4.78 is 3.72. The molecule has 0 aromatic rings. The van der Waals surface area contributed by atoms with Crippen LogP contribution in [0.4, 0.5) is 0 Å². The minimum Gasteiger partial charge on any atom is -0.480 e. The summed E-state index contributed by atoms with van der Waals surface area (Å²) in [5.74, 6) is -0.0503. The number of nitrogens with zero attached hydrogens (tertiary/aromatic N) is 1. The lowest BCUT2D eigenvalue weighted by Gasteiger charge is -2.03. The minimum atomic E-state index is -0.905. The van der Waals surface area contributed by atoms with E-state index in [1.807, 2.05) is 0 Å². The van der Waals surface area contributed by atoms with Gasteiger partial charge in [-0.1, -0.05) is 11.9 Å². The third-order valence-corrected chi connectivity index (χ3v) is 2.57. The molecule has 0 amide bonds. The third kappa shape index (κ3) is 7.12. The lowest BCUT2D eigenvalue weighted by Crippen LogP contribution is -2.17. The van der Waals surface area contributed by atoms with E-state index in [1.54, 1.807) is 0 Å². The van der Waals surface area contributed by atoms with E-state index >= 15 is 0 Å². The molecule has 0 radical (unpaired) electrons. The van der Waals surface area contributed by atoms with Crippen molar-refractivity contribution in [2.45, 2.75) is 25.3 Å². The van der Waals surface area contributed by atoms with Crippen LogP contribution in [-0.4, -0.2) is 22.9 Å². The fourth-order valence-electron chi connectivity index (χ4n) is 0.796. The number of carboxylic acid groups (broad SMARTS) is 1. The van der Waals surface area contributed by atoms with Crippen LogP contribution in [-0.2, 0) is 26.1 Å². The Kier molecular flexibility index (Phi) is 8.62. The first-order valence-corrected chi connectivity index (χ1v) is 6.50. The molecule has 0 saturated heterocycles. The Balaban J connectivity index is 3.70. The summed E-state index contributed by atoms with van der Waals surface area (Å²) in [4.78, 5) is 10.6. The van der Waals surface area contributed by atoms with Gasteiger partial charge < -0.3 is 5.11 Å². The summed E-state index contributed by atoms with van der Waals surface area (Å²) in [5.41, 5.74) is 0. The van der Waals surface area contributed by atoms with Gasteiger partial charge in [-0.05, 0) is 19.3 Å². The van der Waals surface area contributed by atoms with E-state index in [9.17, 15) is 4.79 Å². The van der Waals surface area contributed by atoms with Crippen LogP contribution in [0.15, 0.2) is 4.36 Å². The van der Waals surface area contributed by atoms with E-state index in [-0.39, 0.29) is 0 Å². The third-order valence-electron chi connectivity index (χ3n) is 1.45. The SMILES string of the molecule is NSCCCCC(N=S=S)C(=O)O. The van der Waals surface area contributed by atoms with Crippen molar-refractivity contribution < 1.29 is 9.90 Å². The van der Waals surface area contributed by atoms with Crippen LogP contribution in [0.5, 0.6) is 0 Å². The number of hydrogen-bond donors (Lipinski definition) is 2. The van der Waals surface area contributed by atoms with E-state index in [0.29, 0.717) is 6.42 Å². The standard InChI is InChI=1S/C6H12N2O2S3/c7-12-4-2-1-3-5(6(9)10)8-13-11/h5H,1-4,7H2,(H,9,10). The van der Waals surface area contributed by atoms with Crippen molar-refractivity contribution in [3.8, 4) is 0 Å². The van der Waals surface area contributed by atoms with Gasteiger partial charge in [-0.25, -0.2) is 9.16 Å². The van der Waals surface area contributed by atoms with E-state index in [2.05, 4.69) is 15.6 Å². The Morgan fingerprint density at radius 3 is 2.77 bits per heavy atom. The van der Waals surface area contributed by atoms with Crippen molar-refractivity contribution in [2.75, 3.05) is 5.75 Å². The molecule has 1 atom stereocenters. The maximum absolute atomic E-state index is 10.6. The normalized spacial score (nSPS) is 12.1. The molecule has 4 nitrogen and oxygen atoms in total. The van der Waals surface area contributed by atoms with Crippen LogP contribution in [0, 0.1) is 0 Å². The Bertz CT molecular complexity index is 204. The second-order valence-corrected chi connectivity index (χ2v) is 3.95. The molecule has 7 heteroatoms. The fourth-order valence-corrected chi connectivity index (χ4v) is 1.78. The van der Waals surface area contributed by atoms with Crippen LogP contribution in [0.3, 0.4) is 0 Å². The Labute approximate surface area is 89.8 Å². The summed E-state index contributed by atoms with van der Waals surface area (Å²) in [6.07, 6.45) is 2.28. The molecule has 0 heterocycles. The number of aliphatic carboxylic acids is 1. The van der Waals surface area contributed by atoms with Crippen molar-refractivity contribution in [1.82, 2.24) is 0 Å². The molecule has 0 saturated carbocycles. The largest absolute Gasteiger partial charge is 0.480 e. The highest BCUT2D eigenvalue weighted by Crippen LogP contribution is 2.06. The highest BCUT2D eigenvalue weighted by molar-refractivity contribution is 8.12. The average molecular weight is 240 g/mol. The number of unbranched alkanes of at least 4 members (excludes halogenated alkanes) is 1. The van der Waals surface area contributed by atoms with Gasteiger partial charge in [-0.2, -0.15) is 0 Å². The predicted molar refractivity (Wildman–Crippen MR) is 59.1 cm³/mol. The monoisotopic (exact) mass is 240 g/mol. The van der Waals surface area contributed by atoms with Gasteiger partial charge in [0, 0.05) is 27.1 Å². The number of carboxylic acids is 1. The molecule has 76 valence electrons. The summed E-state index contributed by atoms with van der Waals surface area (Å²) >= 11 is 5.78. The number of carbonyl (C=O) groups is 1. The van der Waals surface area contributed by atoms with Gasteiger partial charge in [0.2, 0.25) is 0 Å². The summed E-state index contributed by atoms with van der Waals surface area (Å²) in [7, 11) is 0.799. The van der Waals surface area contributed by atoms with Gasteiger partial charge >= 0.3 is 5.97 Å². The Hall–Kier alpha value is 0.0200. The number of nitrogens with two attached hydrogens (primary N) is 1. The molecule has 3 N–H and O–H groups in total. The first kappa shape index (κ1) is 13.0. The van der Waals surface area contributed by atoms with Gasteiger partial charge in [0.1, 0.15) is 0 Å². The lowest BCUT2D eigenvalue weighted by molar-refractivity contribution is -0.138. The molecule has 0 aliphatic rings. The second kappa shape index (κ2) is 8.61. The molecular weight excluding hydrogens is 228 g/mol. The zero-order valence-electron chi connectivity index (χ0n) is 7.01. The van der Waals surface area contributed by atoms with Crippen molar-refractivity contribution in [1.29, 1.82) is 0 Å². The second-order valence-electron chi connectivity index (χ2n) is 2.40. The quantitative estimate of drug-likeness (QED) is 0.512. The molecule has 0 spiro atoms. The van der Waals surface area contributed by atoms with Crippen LogP contribution < -0.4 is 5.14 Å². The molecule has 0 aromatic carbocycles. The molecule has 0 aromatic heterocycles. The topological polar surface area (TPSA) is 75.7 Å². The maximum Gasteiger partial charge on any atom is 0.329 e. The minimum absolute atomic E-state index is 0.541. The zero-order valence-corrected chi connectivity index (χ0v) is 9.46. The summed E-state index contributed by atoms with van der Waals surface area (Å²) in [5, 5.41) is 13.9. The summed E-state index contributed by atoms with van der Waals surface area (Å²) in [6.45, 7) is 0. The highest BCUT2D eigenvalue weighted by atomic mass is 32.8. The molecule has 0 aliphatic carbocycles. The fraction of sp³-hybridized carbons (Fsp3) is 0.833. The van der Waals surface area contributed by atoms with E-state index < -0.39 is 12.0 Å². The first-order valence-electron chi connectivity index (χ1n) is 3.76. The molecule has 0 aliphatic heterocycles. The van der Waals surface area contributed by atoms with Gasteiger partial charge in [0.05, 0.1) is 0 Å². The molecule has 0 rings (SSSR count). The highest BCUT2D eigenvalue weighted by Gasteiger charge is 2.14.